The number of hydrogen-bond donors (Lipinski definition) is 1. The number of hydrogen-bond acceptors (Lipinski definition) is 2. The second-order valence-electron chi connectivity index (χ2n) is 4.40. The molecule has 0 aliphatic heterocycles. The average molecular weight is 293 g/mol. The van der Waals surface area contributed by atoms with Crippen LogP contribution in [-0.2, 0) is 0 Å². The van der Waals surface area contributed by atoms with Crippen molar-refractivity contribution >= 4 is 21.8 Å². The third-order valence-corrected chi connectivity index (χ3v) is 3.58. The van der Waals surface area contributed by atoms with Crippen LogP contribution in [0, 0.1) is 24.2 Å². The van der Waals surface area contributed by atoms with Gasteiger partial charge in [-0.25, -0.2) is 0 Å². The first-order chi connectivity index (χ1) is 8.11. The normalized spacial score (nSPS) is 16.1. The Hall–Kier alpha value is -1.34. The number of benzene rings is 1. The molecular weight excluding hydrogens is 280 g/mol. The summed E-state index contributed by atoms with van der Waals surface area (Å²) >= 11 is 3.35. The van der Waals surface area contributed by atoms with E-state index in [0.29, 0.717) is 11.5 Å². The summed E-state index contributed by atoms with van der Waals surface area (Å²) in [5.41, 5.74) is 1.61. The van der Waals surface area contributed by atoms with Gasteiger partial charge in [0.2, 0.25) is 0 Å². The number of carbonyl (C=O) groups is 1. The molecule has 88 valence electrons. The Kier molecular flexibility index (Phi) is 3.49. The highest BCUT2D eigenvalue weighted by Crippen LogP contribution is 2.32. The lowest BCUT2D eigenvalue weighted by Gasteiger charge is -2.11. The largest absolute Gasteiger partial charge is 0.336 e. The van der Waals surface area contributed by atoms with Crippen molar-refractivity contribution in [3.05, 3.63) is 33.8 Å². The van der Waals surface area contributed by atoms with Crippen LogP contribution in [0.15, 0.2) is 22.7 Å². The summed E-state index contributed by atoms with van der Waals surface area (Å²) in [5, 5.41) is 11.8. The van der Waals surface area contributed by atoms with Crippen molar-refractivity contribution in [1.82, 2.24) is 5.32 Å². The molecule has 2 rings (SSSR count). The number of aryl methyl sites for hydroxylation is 1. The van der Waals surface area contributed by atoms with E-state index in [0.717, 1.165) is 22.9 Å². The fourth-order valence-electron chi connectivity index (χ4n) is 1.72. The third-order valence-electron chi connectivity index (χ3n) is 2.89. The molecule has 1 aromatic carbocycles. The Morgan fingerprint density at radius 2 is 2.29 bits per heavy atom. The summed E-state index contributed by atoms with van der Waals surface area (Å²) in [6.45, 7) is 1.94. The van der Waals surface area contributed by atoms with Crippen LogP contribution in [-0.4, -0.2) is 11.9 Å². The maximum atomic E-state index is 12.0. The molecule has 1 saturated carbocycles. The first-order valence-corrected chi connectivity index (χ1v) is 6.37. The van der Waals surface area contributed by atoms with Gasteiger partial charge in [-0.05, 0) is 53.7 Å². The molecular formula is C13H13BrN2O. The number of halogens is 1. The van der Waals surface area contributed by atoms with Crippen LogP contribution in [0.5, 0.6) is 0 Å². The zero-order chi connectivity index (χ0) is 12.4. The molecule has 0 saturated heterocycles. The summed E-state index contributed by atoms with van der Waals surface area (Å²) in [5.74, 6) is 0.159. The first kappa shape index (κ1) is 12.1. The molecule has 1 aliphatic rings. The van der Waals surface area contributed by atoms with Gasteiger partial charge in [0.25, 0.3) is 5.91 Å². The van der Waals surface area contributed by atoms with Gasteiger partial charge in [-0.1, -0.05) is 11.6 Å². The van der Waals surface area contributed by atoms with Gasteiger partial charge in [-0.3, -0.25) is 4.79 Å². The van der Waals surface area contributed by atoms with Crippen LogP contribution in [0.4, 0.5) is 0 Å². The van der Waals surface area contributed by atoms with Gasteiger partial charge in [0.05, 0.1) is 11.6 Å². The summed E-state index contributed by atoms with van der Waals surface area (Å²) in [4.78, 5) is 12.0. The lowest BCUT2D eigenvalue weighted by atomic mass is 10.1. The van der Waals surface area contributed by atoms with Crippen molar-refractivity contribution in [3.8, 4) is 6.07 Å². The summed E-state index contributed by atoms with van der Waals surface area (Å²) < 4.78 is 0.757. The van der Waals surface area contributed by atoms with E-state index in [-0.39, 0.29) is 11.9 Å². The second-order valence-corrected chi connectivity index (χ2v) is 5.26. The number of carbonyl (C=O) groups excluding carboxylic acids is 1. The third kappa shape index (κ3) is 2.86. The van der Waals surface area contributed by atoms with Gasteiger partial charge in [-0.15, -0.1) is 0 Å². The molecule has 0 spiro atoms. The van der Waals surface area contributed by atoms with E-state index in [9.17, 15) is 4.79 Å². The number of nitriles is 1. The monoisotopic (exact) mass is 292 g/mol. The molecule has 1 aromatic rings. The Morgan fingerprint density at radius 3 is 2.88 bits per heavy atom. The van der Waals surface area contributed by atoms with Gasteiger partial charge in [0.1, 0.15) is 6.04 Å². The quantitative estimate of drug-likeness (QED) is 0.931. The zero-order valence-corrected chi connectivity index (χ0v) is 11.1. The molecule has 1 N–H and O–H groups in total. The topological polar surface area (TPSA) is 52.9 Å². The van der Waals surface area contributed by atoms with E-state index in [1.807, 2.05) is 25.1 Å². The molecule has 1 fully saturated rings. The van der Waals surface area contributed by atoms with Crippen molar-refractivity contribution in [2.24, 2.45) is 5.92 Å². The van der Waals surface area contributed by atoms with Gasteiger partial charge in [0, 0.05) is 4.47 Å². The number of amides is 1. The number of rotatable bonds is 3. The molecule has 0 bridgehead atoms. The average Bonchev–Trinajstić information content (AvgIpc) is 3.13. The van der Waals surface area contributed by atoms with Crippen LogP contribution in [0.25, 0.3) is 0 Å². The van der Waals surface area contributed by atoms with E-state index < -0.39 is 0 Å². The maximum Gasteiger partial charge on any atom is 0.253 e. The minimum Gasteiger partial charge on any atom is -0.336 e. The van der Waals surface area contributed by atoms with Gasteiger partial charge in [0.15, 0.2) is 0 Å². The van der Waals surface area contributed by atoms with Crippen LogP contribution in [0.3, 0.4) is 0 Å². The SMILES string of the molecule is Cc1ccc(Br)c(C(=O)NC(C#N)C2CC2)c1. The fourth-order valence-corrected chi connectivity index (χ4v) is 2.14. The van der Waals surface area contributed by atoms with Crippen molar-refractivity contribution < 1.29 is 4.79 Å². The van der Waals surface area contributed by atoms with Crippen molar-refractivity contribution in [2.45, 2.75) is 25.8 Å². The van der Waals surface area contributed by atoms with Crippen molar-refractivity contribution in [1.29, 1.82) is 5.26 Å². The molecule has 1 unspecified atom stereocenters. The van der Waals surface area contributed by atoms with E-state index in [4.69, 9.17) is 5.26 Å². The molecule has 17 heavy (non-hydrogen) atoms. The minimum absolute atomic E-state index is 0.181. The van der Waals surface area contributed by atoms with E-state index >= 15 is 0 Å². The Balaban J connectivity index is 2.13. The maximum absolute atomic E-state index is 12.0. The Morgan fingerprint density at radius 1 is 1.59 bits per heavy atom. The molecule has 0 aromatic heterocycles. The van der Waals surface area contributed by atoms with Crippen molar-refractivity contribution in [3.63, 3.8) is 0 Å². The van der Waals surface area contributed by atoms with E-state index in [1.54, 1.807) is 0 Å². The Bertz CT molecular complexity index is 489. The highest BCUT2D eigenvalue weighted by molar-refractivity contribution is 9.10. The highest BCUT2D eigenvalue weighted by Gasteiger charge is 2.32. The summed E-state index contributed by atoms with van der Waals surface area (Å²) in [6.07, 6.45) is 2.07. The lowest BCUT2D eigenvalue weighted by Crippen LogP contribution is -2.35. The van der Waals surface area contributed by atoms with Gasteiger partial charge in [-0.2, -0.15) is 5.26 Å². The highest BCUT2D eigenvalue weighted by atomic mass is 79.9. The van der Waals surface area contributed by atoms with Crippen LogP contribution in [0.1, 0.15) is 28.8 Å². The van der Waals surface area contributed by atoms with Crippen LogP contribution < -0.4 is 5.32 Å². The smallest absolute Gasteiger partial charge is 0.253 e. The second kappa shape index (κ2) is 4.89. The first-order valence-electron chi connectivity index (χ1n) is 5.58. The van der Waals surface area contributed by atoms with Gasteiger partial charge >= 0.3 is 0 Å². The molecule has 1 aliphatic carbocycles. The standard InChI is InChI=1S/C13H13BrN2O/c1-8-2-5-11(14)10(6-8)13(17)16-12(7-15)9-3-4-9/h2,5-6,9,12H,3-4H2,1H3,(H,16,17). The molecule has 1 amide bonds. The molecule has 1 atom stereocenters. The van der Waals surface area contributed by atoms with Gasteiger partial charge < -0.3 is 5.32 Å². The number of nitrogens with zero attached hydrogens (tertiary/aromatic N) is 1. The Labute approximate surface area is 109 Å². The van der Waals surface area contributed by atoms with E-state index in [1.165, 1.54) is 0 Å². The number of nitrogens with one attached hydrogen (secondary N) is 1. The minimum atomic E-state index is -0.352. The van der Waals surface area contributed by atoms with Crippen LogP contribution in [0.2, 0.25) is 0 Å². The lowest BCUT2D eigenvalue weighted by molar-refractivity contribution is 0.0941. The summed E-state index contributed by atoms with van der Waals surface area (Å²) in [7, 11) is 0. The molecule has 3 nitrogen and oxygen atoms in total. The molecule has 0 heterocycles. The van der Waals surface area contributed by atoms with Crippen LogP contribution >= 0.6 is 15.9 Å². The summed E-state index contributed by atoms with van der Waals surface area (Å²) in [6, 6.07) is 7.40. The molecule has 4 heteroatoms. The zero-order valence-electron chi connectivity index (χ0n) is 9.53. The predicted octanol–water partition coefficient (Wildman–Crippen LogP) is 2.79. The molecule has 0 radical (unpaired) electrons. The fraction of sp³-hybridized carbons (Fsp3) is 0.385. The van der Waals surface area contributed by atoms with Crippen molar-refractivity contribution in [2.75, 3.05) is 0 Å². The predicted molar refractivity (Wildman–Crippen MR) is 68.5 cm³/mol. The van der Waals surface area contributed by atoms with E-state index in [2.05, 4.69) is 27.3 Å².